The van der Waals surface area contributed by atoms with Gasteiger partial charge >= 0.3 is 17.9 Å². The first kappa shape index (κ1) is 69.5. The fourth-order valence-corrected chi connectivity index (χ4v) is 7.91. The second-order valence-electron chi connectivity index (χ2n) is 19.5. The van der Waals surface area contributed by atoms with Crippen molar-refractivity contribution in [3.8, 4) is 0 Å². The molecule has 1 atom stereocenters. The third-order valence-corrected chi connectivity index (χ3v) is 12.4. The average Bonchev–Trinajstić information content (AvgIpc) is 3.40. The van der Waals surface area contributed by atoms with Crippen molar-refractivity contribution in [2.75, 3.05) is 13.2 Å². The first-order valence-electron chi connectivity index (χ1n) is 30.2. The van der Waals surface area contributed by atoms with Crippen molar-refractivity contribution in [1.82, 2.24) is 0 Å². The number of esters is 3. The molecule has 0 aliphatic heterocycles. The molecule has 0 radical (unpaired) electrons. The first-order valence-corrected chi connectivity index (χ1v) is 30.2. The molecule has 0 heterocycles. The highest BCUT2D eigenvalue weighted by atomic mass is 16.6. The summed E-state index contributed by atoms with van der Waals surface area (Å²) in [5.41, 5.74) is 0. The van der Waals surface area contributed by atoms with E-state index in [4.69, 9.17) is 14.2 Å². The zero-order valence-electron chi connectivity index (χ0n) is 47.8. The smallest absolute Gasteiger partial charge is 0.306 e. The molecular formula is C68H110O6. The summed E-state index contributed by atoms with van der Waals surface area (Å²) in [5.74, 6) is -0.928. The molecule has 0 bridgehead atoms. The predicted molar refractivity (Wildman–Crippen MR) is 320 cm³/mol. The maximum absolute atomic E-state index is 12.9. The van der Waals surface area contributed by atoms with Crippen molar-refractivity contribution in [3.63, 3.8) is 0 Å². The zero-order chi connectivity index (χ0) is 53.6. The van der Waals surface area contributed by atoms with Crippen molar-refractivity contribution >= 4 is 17.9 Å². The van der Waals surface area contributed by atoms with E-state index in [2.05, 4.69) is 154 Å². The molecule has 6 heteroatoms. The quantitative estimate of drug-likeness (QED) is 0.0261. The van der Waals surface area contributed by atoms with E-state index >= 15 is 0 Å². The molecule has 0 saturated carbocycles. The van der Waals surface area contributed by atoms with E-state index in [1.54, 1.807) is 0 Å². The van der Waals surface area contributed by atoms with Gasteiger partial charge in [-0.25, -0.2) is 0 Å². The highest BCUT2D eigenvalue weighted by Crippen LogP contribution is 2.14. The van der Waals surface area contributed by atoms with Crippen LogP contribution in [0.25, 0.3) is 0 Å². The molecule has 0 amide bonds. The molecule has 418 valence electrons. The Morgan fingerprint density at radius 3 is 0.838 bits per heavy atom. The van der Waals surface area contributed by atoms with Gasteiger partial charge in [0.15, 0.2) is 6.10 Å². The van der Waals surface area contributed by atoms with E-state index < -0.39 is 6.10 Å². The summed E-state index contributed by atoms with van der Waals surface area (Å²) in [4.78, 5) is 38.1. The molecule has 0 aliphatic rings. The number of unbranched alkanes of at least 4 members (excludes halogenated alkanes) is 20. The summed E-state index contributed by atoms with van der Waals surface area (Å²) < 4.78 is 16.8. The number of hydrogen-bond acceptors (Lipinski definition) is 6. The number of hydrogen-bond donors (Lipinski definition) is 0. The molecule has 6 nitrogen and oxygen atoms in total. The van der Waals surface area contributed by atoms with Crippen LogP contribution in [-0.4, -0.2) is 37.2 Å². The summed E-state index contributed by atoms with van der Waals surface area (Å²) in [6.07, 6.45) is 86.0. The van der Waals surface area contributed by atoms with Crippen LogP contribution < -0.4 is 0 Å². The molecule has 0 aromatic heterocycles. The summed E-state index contributed by atoms with van der Waals surface area (Å²) >= 11 is 0. The number of rotatable bonds is 53. The number of ether oxygens (including phenoxy) is 3. The van der Waals surface area contributed by atoms with Crippen molar-refractivity contribution in [3.05, 3.63) is 134 Å². The number of allylic oxidation sites excluding steroid dienone is 22. The fourth-order valence-electron chi connectivity index (χ4n) is 7.91. The maximum Gasteiger partial charge on any atom is 0.306 e. The molecule has 0 aliphatic carbocycles. The SMILES string of the molecule is CC/C=C\C/C=C\C/C=C\C/C=C\C/C=C\C/C=C\C/C=C\CCCCCCCCCC(=O)OCC(COC(=O)CCCCCCC/C=C\CCC)OC(=O)CCCCCCCCC/C=C\C/C=C\C/C=C\CC. The van der Waals surface area contributed by atoms with Crippen LogP contribution in [0.3, 0.4) is 0 Å². The van der Waals surface area contributed by atoms with Crippen LogP contribution in [0.5, 0.6) is 0 Å². The van der Waals surface area contributed by atoms with E-state index in [0.717, 1.165) is 154 Å². The van der Waals surface area contributed by atoms with Gasteiger partial charge in [-0.15, -0.1) is 0 Å². The van der Waals surface area contributed by atoms with Crippen molar-refractivity contribution < 1.29 is 28.6 Å². The van der Waals surface area contributed by atoms with Crippen molar-refractivity contribution in [1.29, 1.82) is 0 Å². The molecular weight excluding hydrogens is 913 g/mol. The third kappa shape index (κ3) is 58.4. The van der Waals surface area contributed by atoms with E-state index in [1.165, 1.54) is 64.2 Å². The second kappa shape index (κ2) is 61.1. The van der Waals surface area contributed by atoms with Gasteiger partial charge in [-0.2, -0.15) is 0 Å². The van der Waals surface area contributed by atoms with Gasteiger partial charge in [-0.05, 0) is 128 Å². The van der Waals surface area contributed by atoms with Crippen LogP contribution in [0.1, 0.15) is 258 Å². The van der Waals surface area contributed by atoms with E-state index in [0.29, 0.717) is 19.3 Å². The standard InChI is InChI=1S/C68H110O6/c1-4-7-10-13-16-19-22-24-26-28-29-30-31-32-33-34-35-36-37-38-39-41-42-44-46-49-52-55-58-61-67(70)73-64-65(63-72-66(69)60-57-54-51-48-21-18-15-12-9-6-3)74-68(71)62-59-56-53-50-47-45-43-40-27-25-23-20-17-14-11-8-5-2/h7-8,10-12,15-17,19-20,24-27,29-30,32-33,35-36,38-39,65H,4-6,9,13-14,18,21-23,28,31,34,37,40-64H2,1-3H3/b10-7-,11-8-,15-12-,19-16-,20-17-,26-24-,27-25-,30-29-,33-32-,36-35-,39-38-. The Morgan fingerprint density at radius 2 is 0.527 bits per heavy atom. The predicted octanol–water partition coefficient (Wildman–Crippen LogP) is 20.6. The van der Waals surface area contributed by atoms with Gasteiger partial charge in [0.2, 0.25) is 0 Å². The minimum Gasteiger partial charge on any atom is -0.462 e. The summed E-state index contributed by atoms with van der Waals surface area (Å²) in [6.45, 7) is 6.32. The molecule has 0 spiro atoms. The lowest BCUT2D eigenvalue weighted by atomic mass is 10.1. The van der Waals surface area contributed by atoms with Gasteiger partial charge < -0.3 is 14.2 Å². The zero-order valence-corrected chi connectivity index (χ0v) is 47.8. The van der Waals surface area contributed by atoms with Gasteiger partial charge in [0.1, 0.15) is 13.2 Å². The lowest BCUT2D eigenvalue weighted by Crippen LogP contribution is -2.30. The van der Waals surface area contributed by atoms with Gasteiger partial charge in [0.05, 0.1) is 0 Å². The Hall–Kier alpha value is -4.45. The fraction of sp³-hybridized carbons (Fsp3) is 0.632. The van der Waals surface area contributed by atoms with Crippen LogP contribution >= 0.6 is 0 Å². The molecule has 0 aromatic rings. The number of carbonyl (C=O) groups is 3. The van der Waals surface area contributed by atoms with Gasteiger partial charge in [0.25, 0.3) is 0 Å². The van der Waals surface area contributed by atoms with E-state index in [9.17, 15) is 14.4 Å². The first-order chi connectivity index (χ1) is 36.5. The molecule has 1 unspecified atom stereocenters. The van der Waals surface area contributed by atoms with Crippen LogP contribution in [0.15, 0.2) is 134 Å². The Morgan fingerprint density at radius 1 is 0.284 bits per heavy atom. The lowest BCUT2D eigenvalue weighted by molar-refractivity contribution is -0.167. The molecule has 0 fully saturated rings. The molecule has 0 saturated heterocycles. The van der Waals surface area contributed by atoms with Crippen LogP contribution in [-0.2, 0) is 28.6 Å². The molecule has 0 aromatic carbocycles. The largest absolute Gasteiger partial charge is 0.462 e. The Bertz CT molecular complexity index is 1600. The topological polar surface area (TPSA) is 78.9 Å². The third-order valence-electron chi connectivity index (χ3n) is 12.4. The second-order valence-corrected chi connectivity index (χ2v) is 19.5. The monoisotopic (exact) mass is 1020 g/mol. The minimum absolute atomic E-state index is 0.0935. The highest BCUT2D eigenvalue weighted by Gasteiger charge is 2.19. The van der Waals surface area contributed by atoms with Gasteiger partial charge in [0, 0.05) is 19.3 Å². The Balaban J connectivity index is 4.30. The molecule has 74 heavy (non-hydrogen) atoms. The number of carbonyl (C=O) groups excluding carboxylic acids is 3. The molecule has 0 rings (SSSR count). The average molecular weight is 1020 g/mol. The Kier molecular flexibility index (Phi) is 57.4. The van der Waals surface area contributed by atoms with Crippen LogP contribution in [0.4, 0.5) is 0 Å². The molecule has 0 N–H and O–H groups in total. The van der Waals surface area contributed by atoms with E-state index in [1.807, 2.05) is 0 Å². The summed E-state index contributed by atoms with van der Waals surface area (Å²) in [6, 6.07) is 0. The lowest BCUT2D eigenvalue weighted by Gasteiger charge is -2.18. The van der Waals surface area contributed by atoms with Crippen LogP contribution in [0, 0.1) is 0 Å². The van der Waals surface area contributed by atoms with Crippen molar-refractivity contribution in [2.24, 2.45) is 0 Å². The van der Waals surface area contributed by atoms with E-state index in [-0.39, 0.29) is 31.1 Å². The Labute approximate surface area is 455 Å². The summed E-state index contributed by atoms with van der Waals surface area (Å²) in [5, 5.41) is 0. The van der Waals surface area contributed by atoms with Crippen LogP contribution in [0.2, 0.25) is 0 Å². The highest BCUT2D eigenvalue weighted by molar-refractivity contribution is 5.71. The van der Waals surface area contributed by atoms with Gasteiger partial charge in [-0.1, -0.05) is 244 Å². The minimum atomic E-state index is -0.796. The maximum atomic E-state index is 12.9. The van der Waals surface area contributed by atoms with Gasteiger partial charge in [-0.3, -0.25) is 14.4 Å². The van der Waals surface area contributed by atoms with Crippen molar-refractivity contribution in [2.45, 2.75) is 264 Å². The summed E-state index contributed by atoms with van der Waals surface area (Å²) in [7, 11) is 0. The normalized spacial score (nSPS) is 13.1.